The van der Waals surface area contributed by atoms with Crippen LogP contribution in [0.3, 0.4) is 0 Å². The fourth-order valence-electron chi connectivity index (χ4n) is 2.52. The number of hydrogen-bond acceptors (Lipinski definition) is 3. The first-order valence-electron chi connectivity index (χ1n) is 6.32. The zero-order valence-corrected chi connectivity index (χ0v) is 11.1. The van der Waals surface area contributed by atoms with Crippen molar-refractivity contribution in [1.82, 2.24) is 5.32 Å². The van der Waals surface area contributed by atoms with Crippen LogP contribution in [0.5, 0.6) is 5.75 Å². The van der Waals surface area contributed by atoms with Crippen LogP contribution in [0.2, 0.25) is 0 Å². The van der Waals surface area contributed by atoms with Gasteiger partial charge in [-0.3, -0.25) is 4.79 Å². The summed E-state index contributed by atoms with van der Waals surface area (Å²) < 4.78 is 19.4. The number of nitrogens with one attached hydrogen (secondary N) is 1. The van der Waals surface area contributed by atoms with E-state index < -0.39 is 11.5 Å². The normalized spacial score (nSPS) is 26.4. The van der Waals surface area contributed by atoms with Crippen molar-refractivity contribution in [1.29, 1.82) is 0 Å². The molecular formula is C14H18FNO3. The van der Waals surface area contributed by atoms with Gasteiger partial charge in [0.05, 0.1) is 0 Å². The molecule has 2 rings (SSSR count). The minimum atomic E-state index is -0.953. The summed E-state index contributed by atoms with van der Waals surface area (Å²) in [6, 6.07) is 4.97. The van der Waals surface area contributed by atoms with Crippen molar-refractivity contribution in [3.05, 3.63) is 29.6 Å². The van der Waals surface area contributed by atoms with Crippen LogP contribution in [0.1, 0.15) is 24.8 Å². The number of likely N-dealkylation sites (N-methyl/N-ethyl adjacent to an activating group) is 1. The Morgan fingerprint density at radius 2 is 2.32 bits per heavy atom. The zero-order chi connectivity index (χ0) is 14.0. The van der Waals surface area contributed by atoms with E-state index >= 15 is 0 Å². The highest BCUT2D eigenvalue weighted by Gasteiger charge is 2.45. The van der Waals surface area contributed by atoms with E-state index in [1.54, 1.807) is 32.2 Å². The predicted octanol–water partition coefficient (Wildman–Crippen LogP) is 2.11. The SMILES string of the molecule is CNC1(C(=O)O)CCC(Oc2cccc(C)c2F)C1. The Kier molecular flexibility index (Phi) is 3.75. The Bertz CT molecular complexity index is 492. The van der Waals surface area contributed by atoms with Gasteiger partial charge in [0.2, 0.25) is 0 Å². The molecule has 0 spiro atoms. The number of aliphatic carboxylic acids is 1. The van der Waals surface area contributed by atoms with Crippen LogP contribution in [-0.4, -0.2) is 29.8 Å². The van der Waals surface area contributed by atoms with Gasteiger partial charge in [-0.25, -0.2) is 4.39 Å². The number of ether oxygens (including phenoxy) is 1. The molecule has 0 bridgehead atoms. The number of halogens is 1. The Balaban J connectivity index is 2.10. The van der Waals surface area contributed by atoms with Gasteiger partial charge in [0.15, 0.2) is 11.6 Å². The Morgan fingerprint density at radius 1 is 1.58 bits per heavy atom. The van der Waals surface area contributed by atoms with E-state index in [0.29, 0.717) is 24.8 Å². The third kappa shape index (κ3) is 2.56. The molecule has 0 aliphatic heterocycles. The van der Waals surface area contributed by atoms with Crippen LogP contribution >= 0.6 is 0 Å². The number of carboxylic acid groups (broad SMARTS) is 1. The maximum absolute atomic E-state index is 13.8. The highest BCUT2D eigenvalue weighted by atomic mass is 19.1. The van der Waals surface area contributed by atoms with Crippen LogP contribution in [0.4, 0.5) is 4.39 Å². The molecule has 1 saturated carbocycles. The second-order valence-corrected chi connectivity index (χ2v) is 5.01. The van der Waals surface area contributed by atoms with Crippen LogP contribution in [-0.2, 0) is 4.79 Å². The molecule has 1 aromatic rings. The van der Waals surface area contributed by atoms with Crippen molar-refractivity contribution < 1.29 is 19.0 Å². The lowest BCUT2D eigenvalue weighted by Crippen LogP contribution is -2.48. The van der Waals surface area contributed by atoms with E-state index in [9.17, 15) is 14.3 Å². The fraction of sp³-hybridized carbons (Fsp3) is 0.500. The summed E-state index contributed by atoms with van der Waals surface area (Å²) in [5.41, 5.74) is -0.432. The Labute approximate surface area is 111 Å². The van der Waals surface area contributed by atoms with E-state index in [0.717, 1.165) is 0 Å². The van der Waals surface area contributed by atoms with Crippen molar-refractivity contribution in [2.45, 2.75) is 37.8 Å². The largest absolute Gasteiger partial charge is 0.487 e. The summed E-state index contributed by atoms with van der Waals surface area (Å²) in [5.74, 6) is -1.06. The first-order valence-corrected chi connectivity index (χ1v) is 6.32. The summed E-state index contributed by atoms with van der Waals surface area (Å²) in [5, 5.41) is 12.1. The van der Waals surface area contributed by atoms with Gasteiger partial charge in [0.1, 0.15) is 11.6 Å². The van der Waals surface area contributed by atoms with Crippen LogP contribution in [0.15, 0.2) is 18.2 Å². The average Bonchev–Trinajstić information content (AvgIpc) is 2.80. The summed E-state index contributed by atoms with van der Waals surface area (Å²) in [7, 11) is 1.63. The molecule has 104 valence electrons. The summed E-state index contributed by atoms with van der Waals surface area (Å²) in [6.07, 6.45) is 1.14. The quantitative estimate of drug-likeness (QED) is 0.877. The van der Waals surface area contributed by atoms with Crippen molar-refractivity contribution in [3.8, 4) is 5.75 Å². The molecule has 0 aromatic heterocycles. The van der Waals surface area contributed by atoms with Crippen LogP contribution in [0.25, 0.3) is 0 Å². The highest BCUT2D eigenvalue weighted by molar-refractivity contribution is 5.79. The van der Waals surface area contributed by atoms with Crippen LogP contribution in [0, 0.1) is 12.7 Å². The molecule has 0 radical (unpaired) electrons. The minimum absolute atomic E-state index is 0.197. The molecule has 0 heterocycles. The van der Waals surface area contributed by atoms with Crippen molar-refractivity contribution >= 4 is 5.97 Å². The molecule has 19 heavy (non-hydrogen) atoms. The maximum atomic E-state index is 13.8. The smallest absolute Gasteiger partial charge is 0.324 e. The number of aryl methyl sites for hydroxylation is 1. The molecular weight excluding hydrogens is 249 g/mol. The second-order valence-electron chi connectivity index (χ2n) is 5.01. The average molecular weight is 267 g/mol. The molecule has 1 aromatic carbocycles. The molecule has 1 fully saturated rings. The maximum Gasteiger partial charge on any atom is 0.324 e. The van der Waals surface area contributed by atoms with Crippen LogP contribution < -0.4 is 10.1 Å². The fourth-order valence-corrected chi connectivity index (χ4v) is 2.52. The van der Waals surface area contributed by atoms with E-state index in [1.807, 2.05) is 0 Å². The van der Waals surface area contributed by atoms with Gasteiger partial charge >= 0.3 is 5.97 Å². The third-order valence-electron chi connectivity index (χ3n) is 3.81. The van der Waals surface area contributed by atoms with E-state index in [-0.39, 0.29) is 17.7 Å². The minimum Gasteiger partial charge on any atom is -0.487 e. The Hall–Kier alpha value is -1.62. The standard InChI is InChI=1S/C14H18FNO3/c1-9-4-3-5-11(12(9)15)19-10-6-7-14(8-10,16-2)13(17)18/h3-5,10,16H,6-8H2,1-2H3,(H,17,18). The van der Waals surface area contributed by atoms with E-state index in [1.165, 1.54) is 0 Å². The number of carboxylic acids is 1. The zero-order valence-electron chi connectivity index (χ0n) is 11.1. The van der Waals surface area contributed by atoms with Crippen molar-refractivity contribution in [3.63, 3.8) is 0 Å². The van der Waals surface area contributed by atoms with Gasteiger partial charge < -0.3 is 15.2 Å². The van der Waals surface area contributed by atoms with Gasteiger partial charge in [-0.15, -0.1) is 0 Å². The molecule has 2 atom stereocenters. The molecule has 2 N–H and O–H groups in total. The Morgan fingerprint density at radius 3 is 2.89 bits per heavy atom. The van der Waals surface area contributed by atoms with Crippen molar-refractivity contribution in [2.24, 2.45) is 0 Å². The number of hydrogen-bond donors (Lipinski definition) is 2. The first-order chi connectivity index (χ1) is 8.98. The summed E-state index contributed by atoms with van der Waals surface area (Å²) >= 11 is 0. The molecule has 0 saturated heterocycles. The number of rotatable bonds is 4. The molecule has 1 aliphatic rings. The van der Waals surface area contributed by atoms with E-state index in [2.05, 4.69) is 5.32 Å². The molecule has 1 aliphatic carbocycles. The van der Waals surface area contributed by atoms with E-state index in [4.69, 9.17) is 4.74 Å². The lowest BCUT2D eigenvalue weighted by Gasteiger charge is -2.23. The molecule has 5 heteroatoms. The monoisotopic (exact) mass is 267 g/mol. The van der Waals surface area contributed by atoms with Gasteiger partial charge in [-0.2, -0.15) is 0 Å². The lowest BCUT2D eigenvalue weighted by atomic mass is 9.98. The highest BCUT2D eigenvalue weighted by Crippen LogP contribution is 2.33. The summed E-state index contributed by atoms with van der Waals surface area (Å²) in [6.45, 7) is 1.67. The van der Waals surface area contributed by atoms with Crippen molar-refractivity contribution in [2.75, 3.05) is 7.05 Å². The lowest BCUT2D eigenvalue weighted by molar-refractivity contribution is -0.144. The van der Waals surface area contributed by atoms with Gasteiger partial charge in [-0.1, -0.05) is 12.1 Å². The molecule has 0 amide bonds. The number of benzene rings is 1. The van der Waals surface area contributed by atoms with Gasteiger partial charge in [0, 0.05) is 6.42 Å². The summed E-state index contributed by atoms with van der Waals surface area (Å²) in [4.78, 5) is 11.3. The van der Waals surface area contributed by atoms with Gasteiger partial charge in [0.25, 0.3) is 0 Å². The molecule has 4 nitrogen and oxygen atoms in total. The third-order valence-corrected chi connectivity index (χ3v) is 3.81. The predicted molar refractivity (Wildman–Crippen MR) is 68.8 cm³/mol. The topological polar surface area (TPSA) is 58.6 Å². The second kappa shape index (κ2) is 5.17. The number of carbonyl (C=O) groups is 1. The first kappa shape index (κ1) is 13.8. The van der Waals surface area contributed by atoms with Gasteiger partial charge in [-0.05, 0) is 38.4 Å². The molecule has 2 unspecified atom stereocenters.